The monoisotopic (exact) mass is 333 g/mol. The zero-order valence-corrected chi connectivity index (χ0v) is 13.5. The molecule has 0 heterocycles. The van der Waals surface area contributed by atoms with Gasteiger partial charge in [0.25, 0.3) is 0 Å². The number of aliphatic hydroxyl groups excluding tert-OH is 1. The summed E-state index contributed by atoms with van der Waals surface area (Å²) < 4.78 is 26.9. The lowest BCUT2D eigenvalue weighted by molar-refractivity contribution is 0.280. The second-order valence-corrected chi connectivity index (χ2v) is 5.21. The van der Waals surface area contributed by atoms with Gasteiger partial charge in [-0.3, -0.25) is 0 Å². The minimum Gasteiger partial charge on any atom is -0.392 e. The molecule has 0 saturated carbocycles. The summed E-state index contributed by atoms with van der Waals surface area (Å²) in [5.74, 6) is -0.480. The van der Waals surface area contributed by atoms with E-state index in [-0.39, 0.29) is 18.7 Å². The van der Waals surface area contributed by atoms with Crippen LogP contribution in [-0.4, -0.2) is 17.6 Å². The first-order valence-corrected chi connectivity index (χ1v) is 7.77. The molecule has 0 bridgehead atoms. The fourth-order valence-corrected chi connectivity index (χ4v) is 2.23. The van der Waals surface area contributed by atoms with Crippen LogP contribution in [0.4, 0.5) is 8.78 Å². The van der Waals surface area contributed by atoms with Gasteiger partial charge in [-0.15, -0.1) is 0 Å². The summed E-state index contributed by atoms with van der Waals surface area (Å²) >= 11 is 0. The molecule has 2 aromatic carbocycles. The highest BCUT2D eigenvalue weighted by Crippen LogP contribution is 2.11. The zero-order chi connectivity index (χ0) is 17.4. The van der Waals surface area contributed by atoms with Gasteiger partial charge in [0.2, 0.25) is 0 Å². The lowest BCUT2D eigenvalue weighted by Gasteiger charge is -2.13. The van der Waals surface area contributed by atoms with Gasteiger partial charge in [0.1, 0.15) is 11.6 Å². The summed E-state index contributed by atoms with van der Waals surface area (Å²) in [5.41, 5.74) is 1.97. The molecule has 4 nitrogen and oxygen atoms in total. The Balaban J connectivity index is 2.07. The minimum absolute atomic E-state index is 0.0283. The first kappa shape index (κ1) is 17.9. The number of nitrogens with zero attached hydrogens (tertiary/aromatic N) is 1. The van der Waals surface area contributed by atoms with Gasteiger partial charge in [-0.05, 0) is 36.2 Å². The number of hydrogen-bond donors (Lipinski definition) is 3. The van der Waals surface area contributed by atoms with Crippen molar-refractivity contribution in [1.82, 2.24) is 10.6 Å². The fraction of sp³-hybridized carbons (Fsp3) is 0.278. The van der Waals surface area contributed by atoms with Gasteiger partial charge in [0.15, 0.2) is 5.96 Å². The van der Waals surface area contributed by atoms with Crippen LogP contribution in [-0.2, 0) is 19.7 Å². The number of aliphatic hydroxyl groups is 1. The molecule has 24 heavy (non-hydrogen) atoms. The van der Waals surface area contributed by atoms with E-state index in [2.05, 4.69) is 15.6 Å². The van der Waals surface area contributed by atoms with Crippen molar-refractivity contribution < 1.29 is 13.9 Å². The maximum Gasteiger partial charge on any atom is 0.191 e. The Morgan fingerprint density at radius 1 is 1.04 bits per heavy atom. The van der Waals surface area contributed by atoms with Crippen molar-refractivity contribution in [1.29, 1.82) is 0 Å². The SMILES string of the molecule is CCNC(=NCc1cc(F)ccc1F)NCc1ccccc1CO. The van der Waals surface area contributed by atoms with Crippen molar-refractivity contribution in [3.8, 4) is 0 Å². The summed E-state index contributed by atoms with van der Waals surface area (Å²) in [7, 11) is 0. The number of benzene rings is 2. The van der Waals surface area contributed by atoms with Crippen molar-refractivity contribution >= 4 is 5.96 Å². The van der Waals surface area contributed by atoms with E-state index in [4.69, 9.17) is 0 Å². The van der Waals surface area contributed by atoms with Crippen LogP contribution in [0.15, 0.2) is 47.5 Å². The second-order valence-electron chi connectivity index (χ2n) is 5.21. The quantitative estimate of drug-likeness (QED) is 0.563. The summed E-state index contributed by atoms with van der Waals surface area (Å²) in [6.07, 6.45) is 0. The summed E-state index contributed by atoms with van der Waals surface area (Å²) in [6.45, 7) is 3.01. The van der Waals surface area contributed by atoms with Crippen LogP contribution < -0.4 is 10.6 Å². The second kappa shape index (κ2) is 8.98. The summed E-state index contributed by atoms with van der Waals surface area (Å²) in [4.78, 5) is 4.28. The van der Waals surface area contributed by atoms with E-state index in [0.29, 0.717) is 19.0 Å². The van der Waals surface area contributed by atoms with Crippen LogP contribution >= 0.6 is 0 Å². The van der Waals surface area contributed by atoms with Gasteiger partial charge in [-0.1, -0.05) is 24.3 Å². The van der Waals surface area contributed by atoms with Crippen molar-refractivity contribution in [2.24, 2.45) is 4.99 Å². The largest absolute Gasteiger partial charge is 0.392 e. The van der Waals surface area contributed by atoms with Crippen LogP contribution in [0.25, 0.3) is 0 Å². The molecular formula is C18H21F2N3O. The van der Waals surface area contributed by atoms with Gasteiger partial charge >= 0.3 is 0 Å². The van der Waals surface area contributed by atoms with Crippen LogP contribution in [0.1, 0.15) is 23.6 Å². The molecule has 0 aliphatic heterocycles. The maximum absolute atomic E-state index is 13.7. The van der Waals surface area contributed by atoms with E-state index < -0.39 is 11.6 Å². The van der Waals surface area contributed by atoms with E-state index >= 15 is 0 Å². The molecule has 2 aromatic rings. The van der Waals surface area contributed by atoms with E-state index in [1.54, 1.807) is 0 Å². The van der Waals surface area contributed by atoms with Crippen molar-refractivity contribution in [2.75, 3.05) is 6.54 Å². The number of hydrogen-bond acceptors (Lipinski definition) is 2. The van der Waals surface area contributed by atoms with Crippen molar-refractivity contribution in [3.63, 3.8) is 0 Å². The molecule has 0 fully saturated rings. The number of nitrogens with one attached hydrogen (secondary N) is 2. The first-order chi connectivity index (χ1) is 11.6. The van der Waals surface area contributed by atoms with Crippen LogP contribution in [0, 0.1) is 11.6 Å². The average Bonchev–Trinajstić information content (AvgIpc) is 2.60. The molecule has 0 aliphatic rings. The Morgan fingerprint density at radius 2 is 1.79 bits per heavy atom. The predicted octanol–water partition coefficient (Wildman–Crippen LogP) is 2.71. The Morgan fingerprint density at radius 3 is 2.50 bits per heavy atom. The molecule has 0 atom stereocenters. The Labute approximate surface area is 140 Å². The standard InChI is InChI=1S/C18H21F2N3O/c1-2-21-18(22-10-13-5-3-4-6-14(13)12-24)23-11-15-9-16(19)7-8-17(15)20/h3-9,24H,2,10-12H2,1H3,(H2,21,22,23). The van der Waals surface area contributed by atoms with Gasteiger partial charge < -0.3 is 15.7 Å². The van der Waals surface area contributed by atoms with E-state index in [1.807, 2.05) is 31.2 Å². The predicted molar refractivity (Wildman–Crippen MR) is 90.4 cm³/mol. The van der Waals surface area contributed by atoms with Gasteiger partial charge in [0.05, 0.1) is 13.2 Å². The minimum atomic E-state index is -0.489. The third kappa shape index (κ3) is 5.03. The number of guanidine groups is 1. The molecule has 0 saturated heterocycles. The molecule has 2 rings (SSSR count). The molecule has 128 valence electrons. The third-order valence-electron chi connectivity index (χ3n) is 3.49. The Bertz CT molecular complexity index is 704. The van der Waals surface area contributed by atoms with E-state index in [1.165, 1.54) is 0 Å². The van der Waals surface area contributed by atoms with Crippen LogP contribution in [0.5, 0.6) is 0 Å². The zero-order valence-electron chi connectivity index (χ0n) is 13.5. The van der Waals surface area contributed by atoms with Crippen LogP contribution in [0.2, 0.25) is 0 Å². The Hall–Kier alpha value is -2.47. The summed E-state index contributed by atoms with van der Waals surface area (Å²) in [5, 5.41) is 15.5. The first-order valence-electron chi connectivity index (χ1n) is 7.77. The molecule has 0 amide bonds. The number of halogens is 2. The highest BCUT2D eigenvalue weighted by Gasteiger charge is 2.05. The highest BCUT2D eigenvalue weighted by molar-refractivity contribution is 5.79. The van der Waals surface area contributed by atoms with E-state index in [0.717, 1.165) is 29.3 Å². The van der Waals surface area contributed by atoms with Gasteiger partial charge in [0, 0.05) is 18.7 Å². The van der Waals surface area contributed by atoms with Crippen molar-refractivity contribution in [2.45, 2.75) is 26.6 Å². The molecule has 3 N–H and O–H groups in total. The number of aliphatic imine (C=N–C) groups is 1. The molecule has 6 heteroatoms. The van der Waals surface area contributed by atoms with Gasteiger partial charge in [-0.25, -0.2) is 13.8 Å². The number of rotatable bonds is 6. The average molecular weight is 333 g/mol. The third-order valence-corrected chi connectivity index (χ3v) is 3.49. The molecule has 0 radical (unpaired) electrons. The normalized spacial score (nSPS) is 11.4. The summed E-state index contributed by atoms with van der Waals surface area (Å²) in [6, 6.07) is 10.8. The lowest BCUT2D eigenvalue weighted by Crippen LogP contribution is -2.37. The molecular weight excluding hydrogens is 312 g/mol. The topological polar surface area (TPSA) is 56.7 Å². The van der Waals surface area contributed by atoms with E-state index in [9.17, 15) is 13.9 Å². The molecule has 0 aromatic heterocycles. The Kier molecular flexibility index (Phi) is 6.69. The fourth-order valence-electron chi connectivity index (χ4n) is 2.23. The lowest BCUT2D eigenvalue weighted by atomic mass is 10.1. The van der Waals surface area contributed by atoms with Crippen molar-refractivity contribution in [3.05, 3.63) is 70.8 Å². The maximum atomic E-state index is 13.7. The molecule has 0 aliphatic carbocycles. The molecule has 0 unspecified atom stereocenters. The smallest absolute Gasteiger partial charge is 0.191 e. The van der Waals surface area contributed by atoms with Gasteiger partial charge in [-0.2, -0.15) is 0 Å². The highest BCUT2D eigenvalue weighted by atomic mass is 19.1. The van der Waals surface area contributed by atoms with Crippen LogP contribution in [0.3, 0.4) is 0 Å². The molecule has 0 spiro atoms.